The largest absolute Gasteiger partial charge is 0.488 e. The second-order valence-electron chi connectivity index (χ2n) is 8.36. The number of carbonyl (C=O) groups is 1. The van der Waals surface area contributed by atoms with Crippen molar-refractivity contribution in [2.45, 2.75) is 18.4 Å². The van der Waals surface area contributed by atoms with E-state index in [-0.39, 0.29) is 4.90 Å². The number of rotatable bonds is 10. The number of halogens is 1. The van der Waals surface area contributed by atoms with Gasteiger partial charge in [-0.1, -0.05) is 72.3 Å². The number of hydrogen-bond acceptors (Lipinski definition) is 5. The monoisotopic (exact) mass is 547 g/mol. The Kier molecular flexibility index (Phi) is 8.78. The molecule has 0 unspecified atom stereocenters. The van der Waals surface area contributed by atoms with Gasteiger partial charge in [0.2, 0.25) is 0 Å². The number of para-hydroxylation sites is 1. The molecule has 0 fully saturated rings. The van der Waals surface area contributed by atoms with Crippen LogP contribution in [0, 0.1) is 6.92 Å². The maximum atomic E-state index is 13.5. The molecule has 194 valence electrons. The van der Waals surface area contributed by atoms with E-state index in [1.54, 1.807) is 49.4 Å². The molecule has 0 spiro atoms. The highest BCUT2D eigenvalue weighted by Crippen LogP contribution is 2.28. The van der Waals surface area contributed by atoms with Gasteiger partial charge < -0.3 is 4.74 Å². The molecule has 4 aromatic carbocycles. The first-order chi connectivity index (χ1) is 18.3. The Bertz CT molecular complexity index is 1530. The van der Waals surface area contributed by atoms with Gasteiger partial charge in [-0.3, -0.25) is 9.10 Å². The van der Waals surface area contributed by atoms with Crippen molar-refractivity contribution >= 4 is 39.4 Å². The molecule has 0 bridgehead atoms. The Morgan fingerprint density at radius 2 is 1.61 bits per heavy atom. The Morgan fingerprint density at radius 1 is 0.947 bits per heavy atom. The van der Waals surface area contributed by atoms with E-state index in [1.807, 2.05) is 48.5 Å². The third-order valence-electron chi connectivity index (χ3n) is 5.60. The van der Waals surface area contributed by atoms with Crippen molar-refractivity contribution < 1.29 is 17.9 Å². The fourth-order valence-electron chi connectivity index (χ4n) is 3.71. The Morgan fingerprint density at radius 3 is 2.32 bits per heavy atom. The molecule has 0 radical (unpaired) electrons. The van der Waals surface area contributed by atoms with E-state index >= 15 is 0 Å². The number of aryl methyl sites for hydroxylation is 1. The second kappa shape index (κ2) is 12.4. The highest BCUT2D eigenvalue weighted by molar-refractivity contribution is 7.92. The van der Waals surface area contributed by atoms with Gasteiger partial charge >= 0.3 is 0 Å². The normalized spacial score (nSPS) is 11.3. The summed E-state index contributed by atoms with van der Waals surface area (Å²) in [6, 6.07) is 29.8. The first-order valence-electron chi connectivity index (χ1n) is 11.8. The van der Waals surface area contributed by atoms with Crippen LogP contribution >= 0.6 is 11.6 Å². The zero-order chi connectivity index (χ0) is 27.0. The maximum Gasteiger partial charge on any atom is 0.264 e. The molecule has 0 aliphatic rings. The van der Waals surface area contributed by atoms with Gasteiger partial charge in [0.15, 0.2) is 0 Å². The summed E-state index contributed by atoms with van der Waals surface area (Å²) < 4.78 is 34.0. The minimum atomic E-state index is -4.04. The van der Waals surface area contributed by atoms with Crippen LogP contribution < -0.4 is 14.5 Å². The summed E-state index contributed by atoms with van der Waals surface area (Å²) in [7, 11) is -4.04. The third-order valence-corrected chi connectivity index (χ3v) is 7.60. The quantitative estimate of drug-likeness (QED) is 0.207. The third kappa shape index (κ3) is 6.79. The van der Waals surface area contributed by atoms with E-state index in [0.717, 1.165) is 9.87 Å². The summed E-state index contributed by atoms with van der Waals surface area (Å²) in [5, 5.41) is 4.51. The van der Waals surface area contributed by atoms with Crippen molar-refractivity contribution in [1.29, 1.82) is 0 Å². The lowest BCUT2D eigenvalue weighted by molar-refractivity contribution is -0.119. The average molecular weight is 548 g/mol. The van der Waals surface area contributed by atoms with Crippen LogP contribution in [0.1, 0.15) is 16.7 Å². The highest BCUT2D eigenvalue weighted by atomic mass is 35.5. The van der Waals surface area contributed by atoms with Crippen LogP contribution in [0.2, 0.25) is 5.02 Å². The standard InChI is InChI=1S/C29H26ClN3O4S/c1-22-18-25(30)16-17-27(22)33(38(35,36)26-13-6-3-7-14-26)20-29(34)32-31-19-24-12-8-9-15-28(24)37-21-23-10-4-2-5-11-23/h2-19H,20-21H2,1H3,(H,32,34)/b31-19+. The molecule has 7 nitrogen and oxygen atoms in total. The number of nitrogens with one attached hydrogen (secondary N) is 1. The van der Waals surface area contributed by atoms with Gasteiger partial charge in [-0.2, -0.15) is 5.10 Å². The van der Waals surface area contributed by atoms with E-state index in [1.165, 1.54) is 18.3 Å². The summed E-state index contributed by atoms with van der Waals surface area (Å²) in [5.41, 5.74) is 5.06. The summed E-state index contributed by atoms with van der Waals surface area (Å²) in [6.45, 7) is 1.63. The predicted molar refractivity (Wildman–Crippen MR) is 150 cm³/mol. The molecule has 0 saturated carbocycles. The predicted octanol–water partition coefficient (Wildman–Crippen LogP) is 5.57. The lowest BCUT2D eigenvalue weighted by Gasteiger charge is -2.25. The molecule has 4 rings (SSSR count). The van der Waals surface area contributed by atoms with Crippen molar-refractivity contribution in [3.05, 3.63) is 125 Å². The van der Waals surface area contributed by atoms with Crippen LogP contribution in [-0.4, -0.2) is 27.1 Å². The van der Waals surface area contributed by atoms with E-state index < -0.39 is 22.5 Å². The van der Waals surface area contributed by atoms with Crippen LogP contribution in [0.3, 0.4) is 0 Å². The Balaban J connectivity index is 1.50. The van der Waals surface area contributed by atoms with Crippen molar-refractivity contribution in [3.8, 4) is 5.75 Å². The molecule has 0 aliphatic carbocycles. The summed E-state index contributed by atoms with van der Waals surface area (Å²) >= 11 is 6.08. The van der Waals surface area contributed by atoms with Crippen molar-refractivity contribution in [1.82, 2.24) is 5.43 Å². The Hall–Kier alpha value is -4.14. The van der Waals surface area contributed by atoms with Crippen LogP contribution in [0.4, 0.5) is 5.69 Å². The zero-order valence-electron chi connectivity index (χ0n) is 20.6. The Labute approximate surface area is 227 Å². The number of amides is 1. The van der Waals surface area contributed by atoms with Crippen molar-refractivity contribution in [2.75, 3.05) is 10.8 Å². The van der Waals surface area contributed by atoms with Crippen LogP contribution in [-0.2, 0) is 21.4 Å². The van der Waals surface area contributed by atoms with Gasteiger partial charge in [0.05, 0.1) is 16.8 Å². The first kappa shape index (κ1) is 26.9. The summed E-state index contributed by atoms with van der Waals surface area (Å²) in [4.78, 5) is 12.9. The number of nitrogens with zero attached hydrogens (tertiary/aromatic N) is 2. The van der Waals surface area contributed by atoms with E-state index in [9.17, 15) is 13.2 Å². The van der Waals surface area contributed by atoms with Gasteiger partial charge in [-0.05, 0) is 60.5 Å². The molecule has 1 amide bonds. The van der Waals surface area contributed by atoms with E-state index in [0.29, 0.717) is 34.2 Å². The molecule has 0 heterocycles. The number of carbonyl (C=O) groups excluding carboxylic acids is 1. The van der Waals surface area contributed by atoms with Crippen molar-refractivity contribution in [2.24, 2.45) is 5.10 Å². The maximum absolute atomic E-state index is 13.5. The summed E-state index contributed by atoms with van der Waals surface area (Å²) in [6.07, 6.45) is 1.46. The molecule has 1 N–H and O–H groups in total. The molecular formula is C29H26ClN3O4S. The van der Waals surface area contributed by atoms with Crippen LogP contribution in [0.15, 0.2) is 113 Å². The average Bonchev–Trinajstić information content (AvgIpc) is 2.92. The topological polar surface area (TPSA) is 88.1 Å². The lowest BCUT2D eigenvalue weighted by Crippen LogP contribution is -2.40. The second-order valence-corrected chi connectivity index (χ2v) is 10.7. The number of anilines is 1. The van der Waals surface area contributed by atoms with E-state index in [2.05, 4.69) is 10.5 Å². The fourth-order valence-corrected chi connectivity index (χ4v) is 5.44. The van der Waals surface area contributed by atoms with Gasteiger partial charge in [-0.25, -0.2) is 13.8 Å². The molecule has 4 aromatic rings. The number of hydrazone groups is 1. The minimum Gasteiger partial charge on any atom is -0.488 e. The first-order valence-corrected chi connectivity index (χ1v) is 13.6. The van der Waals surface area contributed by atoms with Crippen molar-refractivity contribution in [3.63, 3.8) is 0 Å². The molecule has 0 saturated heterocycles. The number of ether oxygens (including phenoxy) is 1. The SMILES string of the molecule is Cc1cc(Cl)ccc1N(CC(=O)N/N=C/c1ccccc1OCc1ccccc1)S(=O)(=O)c1ccccc1. The van der Waals surface area contributed by atoms with Gasteiger partial charge in [0, 0.05) is 10.6 Å². The molecule has 9 heteroatoms. The van der Waals surface area contributed by atoms with Gasteiger partial charge in [-0.15, -0.1) is 0 Å². The van der Waals surface area contributed by atoms with Crippen LogP contribution in [0.25, 0.3) is 0 Å². The number of hydrogen-bond donors (Lipinski definition) is 1. The molecule has 0 aromatic heterocycles. The molecule has 0 aliphatic heterocycles. The fraction of sp³-hybridized carbons (Fsp3) is 0.103. The molecular weight excluding hydrogens is 522 g/mol. The van der Waals surface area contributed by atoms with Gasteiger partial charge in [0.1, 0.15) is 18.9 Å². The number of sulfonamides is 1. The van der Waals surface area contributed by atoms with E-state index in [4.69, 9.17) is 16.3 Å². The van der Waals surface area contributed by atoms with Gasteiger partial charge in [0.25, 0.3) is 15.9 Å². The summed E-state index contributed by atoms with van der Waals surface area (Å²) in [5.74, 6) is -0.0165. The number of benzene rings is 4. The molecule has 38 heavy (non-hydrogen) atoms. The molecule has 0 atom stereocenters. The lowest BCUT2D eigenvalue weighted by atomic mass is 10.2. The zero-order valence-corrected chi connectivity index (χ0v) is 22.2. The smallest absolute Gasteiger partial charge is 0.264 e. The highest BCUT2D eigenvalue weighted by Gasteiger charge is 2.28. The minimum absolute atomic E-state index is 0.0649. The van der Waals surface area contributed by atoms with Crippen LogP contribution in [0.5, 0.6) is 5.75 Å².